The van der Waals surface area contributed by atoms with Crippen LogP contribution in [0.5, 0.6) is 0 Å². The van der Waals surface area contributed by atoms with Gasteiger partial charge in [-0.15, -0.1) is 11.3 Å². The van der Waals surface area contributed by atoms with Crippen LogP contribution in [0, 0.1) is 10.5 Å². The van der Waals surface area contributed by atoms with Crippen LogP contribution < -0.4 is 5.32 Å². The van der Waals surface area contributed by atoms with Gasteiger partial charge in [0.25, 0.3) is 5.91 Å². The highest BCUT2D eigenvalue weighted by Crippen LogP contribution is 2.26. The number of anilines is 1. The highest BCUT2D eigenvalue weighted by atomic mass is 127. The molecule has 1 aromatic heterocycles. The Morgan fingerprint density at radius 3 is 2.90 bits per heavy atom. The van der Waals surface area contributed by atoms with E-state index in [0.717, 1.165) is 29.0 Å². The van der Waals surface area contributed by atoms with Gasteiger partial charge in [0.1, 0.15) is 0 Å². The molecule has 3 nitrogen and oxygen atoms in total. The van der Waals surface area contributed by atoms with E-state index in [4.69, 9.17) is 0 Å². The van der Waals surface area contributed by atoms with E-state index in [9.17, 15) is 4.79 Å². The monoisotopic (exact) mass is 472 g/mol. The first-order valence-corrected chi connectivity index (χ1v) is 8.85. The molecule has 0 saturated carbocycles. The molecule has 106 valence electrons. The molecule has 1 heterocycles. The third kappa shape index (κ3) is 3.27. The van der Waals surface area contributed by atoms with Crippen LogP contribution in [-0.4, -0.2) is 10.9 Å². The summed E-state index contributed by atoms with van der Waals surface area (Å²) in [5.74, 6) is -0.124. The van der Waals surface area contributed by atoms with E-state index in [1.807, 2.05) is 43.3 Å². The second-order valence-electron chi connectivity index (χ2n) is 4.49. The number of carbonyl (C=O) groups is 1. The number of benzene rings is 2. The van der Waals surface area contributed by atoms with Gasteiger partial charge < -0.3 is 5.32 Å². The van der Waals surface area contributed by atoms with Crippen LogP contribution in [-0.2, 0) is 0 Å². The summed E-state index contributed by atoms with van der Waals surface area (Å²) in [5, 5.41) is 3.96. The Morgan fingerprint density at radius 2 is 2.10 bits per heavy atom. The Labute approximate surface area is 148 Å². The van der Waals surface area contributed by atoms with Gasteiger partial charge in [0, 0.05) is 13.7 Å². The molecule has 0 unspecified atom stereocenters. The lowest BCUT2D eigenvalue weighted by Gasteiger charge is -2.07. The Balaban J connectivity index is 1.90. The third-order valence-electron chi connectivity index (χ3n) is 2.93. The molecule has 0 saturated heterocycles. The van der Waals surface area contributed by atoms with Crippen LogP contribution in [0.3, 0.4) is 0 Å². The van der Waals surface area contributed by atoms with Gasteiger partial charge in [0.15, 0.2) is 0 Å². The summed E-state index contributed by atoms with van der Waals surface area (Å²) >= 11 is 7.23. The van der Waals surface area contributed by atoms with Gasteiger partial charge in [-0.2, -0.15) is 0 Å². The number of aryl methyl sites for hydroxylation is 1. The molecule has 0 aliphatic rings. The summed E-state index contributed by atoms with van der Waals surface area (Å²) in [7, 11) is 0. The number of carbonyl (C=O) groups excluding carboxylic acids is 1. The van der Waals surface area contributed by atoms with Crippen LogP contribution in [0.15, 0.2) is 40.9 Å². The molecule has 3 aromatic rings. The first-order valence-electron chi connectivity index (χ1n) is 6.16. The molecule has 0 aliphatic carbocycles. The molecule has 0 spiro atoms. The van der Waals surface area contributed by atoms with Gasteiger partial charge >= 0.3 is 0 Å². The first kappa shape index (κ1) is 14.9. The largest absolute Gasteiger partial charge is 0.322 e. The Kier molecular flexibility index (Phi) is 4.28. The number of halogens is 2. The standard InChI is InChI=1S/C15H10BrIN2OS/c1-8-18-13-5-3-10(7-14(13)21-8)19-15(20)11-6-9(17)2-4-12(11)16/h2-7H,1H3,(H,19,20). The van der Waals surface area contributed by atoms with Crippen molar-refractivity contribution in [3.8, 4) is 0 Å². The Bertz CT molecular complexity index is 847. The maximum absolute atomic E-state index is 12.4. The maximum Gasteiger partial charge on any atom is 0.256 e. The van der Waals surface area contributed by atoms with Crippen LogP contribution in [0.25, 0.3) is 10.2 Å². The molecule has 2 aromatic carbocycles. The minimum Gasteiger partial charge on any atom is -0.322 e. The van der Waals surface area contributed by atoms with E-state index >= 15 is 0 Å². The van der Waals surface area contributed by atoms with Crippen molar-refractivity contribution in [3.63, 3.8) is 0 Å². The van der Waals surface area contributed by atoms with E-state index in [2.05, 4.69) is 48.8 Å². The average molecular weight is 473 g/mol. The van der Waals surface area contributed by atoms with Gasteiger partial charge in [0.05, 0.1) is 20.8 Å². The Morgan fingerprint density at radius 1 is 1.29 bits per heavy atom. The van der Waals surface area contributed by atoms with Crippen molar-refractivity contribution < 1.29 is 4.79 Å². The van der Waals surface area contributed by atoms with E-state index < -0.39 is 0 Å². The highest BCUT2D eigenvalue weighted by Gasteiger charge is 2.11. The summed E-state index contributed by atoms with van der Waals surface area (Å²) in [6.45, 7) is 1.98. The van der Waals surface area contributed by atoms with E-state index in [1.165, 1.54) is 0 Å². The molecular weight excluding hydrogens is 463 g/mol. The SMILES string of the molecule is Cc1nc2ccc(NC(=O)c3cc(I)ccc3Br)cc2s1. The lowest BCUT2D eigenvalue weighted by atomic mass is 10.2. The molecular formula is C15H10BrIN2OS. The summed E-state index contributed by atoms with van der Waals surface area (Å²) in [5.41, 5.74) is 2.37. The lowest BCUT2D eigenvalue weighted by molar-refractivity contribution is 0.102. The van der Waals surface area contributed by atoms with Gasteiger partial charge in [-0.3, -0.25) is 4.79 Å². The smallest absolute Gasteiger partial charge is 0.256 e. The quantitative estimate of drug-likeness (QED) is 0.519. The van der Waals surface area contributed by atoms with Gasteiger partial charge in [0.2, 0.25) is 0 Å². The fraction of sp³-hybridized carbons (Fsp3) is 0.0667. The van der Waals surface area contributed by atoms with Crippen LogP contribution >= 0.6 is 49.9 Å². The molecule has 0 aliphatic heterocycles. The number of nitrogens with zero attached hydrogens (tertiary/aromatic N) is 1. The first-order chi connectivity index (χ1) is 10.0. The number of aromatic nitrogens is 1. The highest BCUT2D eigenvalue weighted by molar-refractivity contribution is 14.1. The van der Waals surface area contributed by atoms with Crippen molar-refractivity contribution in [3.05, 3.63) is 55.0 Å². The second kappa shape index (κ2) is 6.02. The Hall–Kier alpha value is -0.990. The minimum absolute atomic E-state index is 0.124. The van der Waals surface area contributed by atoms with E-state index in [0.29, 0.717) is 5.56 Å². The fourth-order valence-corrected chi connectivity index (χ4v) is 3.77. The normalized spacial score (nSPS) is 10.8. The number of fused-ring (bicyclic) bond motifs is 1. The van der Waals surface area contributed by atoms with Crippen molar-refractivity contribution in [2.75, 3.05) is 5.32 Å². The number of hydrogen-bond acceptors (Lipinski definition) is 3. The van der Waals surface area contributed by atoms with Crippen molar-refractivity contribution in [1.29, 1.82) is 0 Å². The predicted octanol–water partition coefficient (Wildman–Crippen LogP) is 5.22. The minimum atomic E-state index is -0.124. The zero-order valence-electron chi connectivity index (χ0n) is 11.0. The number of hydrogen-bond donors (Lipinski definition) is 1. The van der Waals surface area contributed by atoms with Gasteiger partial charge in [-0.1, -0.05) is 0 Å². The second-order valence-corrected chi connectivity index (χ2v) is 7.83. The molecule has 6 heteroatoms. The summed E-state index contributed by atoms with van der Waals surface area (Å²) < 4.78 is 2.89. The predicted molar refractivity (Wildman–Crippen MR) is 99.2 cm³/mol. The molecule has 1 amide bonds. The molecule has 1 N–H and O–H groups in total. The number of rotatable bonds is 2. The third-order valence-corrected chi connectivity index (χ3v) is 5.22. The molecule has 0 fully saturated rings. The van der Waals surface area contributed by atoms with Crippen molar-refractivity contribution in [2.45, 2.75) is 6.92 Å². The zero-order valence-corrected chi connectivity index (χ0v) is 15.5. The van der Waals surface area contributed by atoms with Gasteiger partial charge in [-0.25, -0.2) is 4.98 Å². The maximum atomic E-state index is 12.4. The van der Waals surface area contributed by atoms with E-state index in [1.54, 1.807) is 11.3 Å². The van der Waals surface area contributed by atoms with Crippen LogP contribution in [0.1, 0.15) is 15.4 Å². The summed E-state index contributed by atoms with van der Waals surface area (Å²) in [4.78, 5) is 16.8. The van der Waals surface area contributed by atoms with Crippen LogP contribution in [0.4, 0.5) is 5.69 Å². The summed E-state index contributed by atoms with van der Waals surface area (Å²) in [6.07, 6.45) is 0. The van der Waals surface area contributed by atoms with Crippen LogP contribution in [0.2, 0.25) is 0 Å². The van der Waals surface area contributed by atoms with Crippen molar-refractivity contribution in [2.24, 2.45) is 0 Å². The van der Waals surface area contributed by atoms with Crippen molar-refractivity contribution in [1.82, 2.24) is 4.98 Å². The molecule has 0 bridgehead atoms. The number of thiazole rings is 1. The zero-order chi connectivity index (χ0) is 15.0. The molecule has 0 atom stereocenters. The number of nitrogens with one attached hydrogen (secondary N) is 1. The summed E-state index contributed by atoms with van der Waals surface area (Å²) in [6, 6.07) is 11.5. The average Bonchev–Trinajstić information content (AvgIpc) is 2.80. The molecule has 0 radical (unpaired) electrons. The molecule has 21 heavy (non-hydrogen) atoms. The lowest BCUT2D eigenvalue weighted by Crippen LogP contribution is -2.12. The van der Waals surface area contributed by atoms with Crippen molar-refractivity contribution >= 4 is 71.7 Å². The van der Waals surface area contributed by atoms with Gasteiger partial charge in [-0.05, 0) is 81.8 Å². The number of amides is 1. The van der Waals surface area contributed by atoms with E-state index in [-0.39, 0.29) is 5.91 Å². The fourth-order valence-electron chi connectivity index (χ4n) is 1.99. The topological polar surface area (TPSA) is 42.0 Å². The molecule has 3 rings (SSSR count).